The second kappa shape index (κ2) is 4.87. The molecule has 0 unspecified atom stereocenters. The molecular weight excluding hydrogens is 212 g/mol. The van der Waals surface area contributed by atoms with Crippen LogP contribution >= 0.6 is 0 Å². The molecule has 0 saturated carbocycles. The predicted octanol–water partition coefficient (Wildman–Crippen LogP) is 2.22. The van der Waals surface area contributed by atoms with Crippen molar-refractivity contribution < 1.29 is 0 Å². The van der Waals surface area contributed by atoms with Crippen molar-refractivity contribution in [3.63, 3.8) is 0 Å². The van der Waals surface area contributed by atoms with Gasteiger partial charge in [0.1, 0.15) is 12.1 Å². The van der Waals surface area contributed by atoms with Crippen LogP contribution in [0.4, 0.5) is 0 Å². The smallest absolute Gasteiger partial charge is 0.213 e. The minimum Gasteiger partial charge on any atom is -0.260 e. The van der Waals surface area contributed by atoms with Gasteiger partial charge in [0.05, 0.1) is 12.1 Å². The standard InChI is InChI=1S/C13H8N4/c14-7-12(8-15)17-9-10-3-4-13-11(6-10)2-1-5-16-13/h1-6H,9H2. The van der Waals surface area contributed by atoms with Crippen molar-refractivity contribution in [1.82, 2.24) is 4.98 Å². The third-order valence-electron chi connectivity index (χ3n) is 2.30. The molecular formula is C13H8N4. The van der Waals surface area contributed by atoms with E-state index in [4.69, 9.17) is 10.5 Å². The number of nitriles is 2. The lowest BCUT2D eigenvalue weighted by atomic mass is 10.1. The molecule has 0 N–H and O–H groups in total. The summed E-state index contributed by atoms with van der Waals surface area (Å²) in [6, 6.07) is 13.1. The summed E-state index contributed by atoms with van der Waals surface area (Å²) in [5, 5.41) is 18.1. The Bertz CT molecular complexity index is 643. The van der Waals surface area contributed by atoms with Crippen molar-refractivity contribution in [2.75, 3.05) is 0 Å². The van der Waals surface area contributed by atoms with Crippen LogP contribution in [0.5, 0.6) is 0 Å². The first kappa shape index (κ1) is 10.8. The number of hydrogen-bond donors (Lipinski definition) is 0. The Morgan fingerprint density at radius 1 is 1.24 bits per heavy atom. The lowest BCUT2D eigenvalue weighted by Gasteiger charge is -1.99. The van der Waals surface area contributed by atoms with E-state index in [1.165, 1.54) is 0 Å². The zero-order valence-electron chi connectivity index (χ0n) is 8.96. The van der Waals surface area contributed by atoms with Crippen LogP contribution < -0.4 is 0 Å². The number of nitrogens with zero attached hydrogens (tertiary/aromatic N) is 4. The van der Waals surface area contributed by atoms with E-state index in [0.717, 1.165) is 16.5 Å². The Morgan fingerprint density at radius 3 is 2.82 bits per heavy atom. The van der Waals surface area contributed by atoms with E-state index in [9.17, 15) is 0 Å². The molecule has 1 aromatic heterocycles. The molecule has 1 heterocycles. The van der Waals surface area contributed by atoms with Crippen molar-refractivity contribution in [3.05, 3.63) is 42.1 Å². The van der Waals surface area contributed by atoms with Gasteiger partial charge in [-0.05, 0) is 23.8 Å². The number of hydrogen-bond acceptors (Lipinski definition) is 4. The Balaban J connectivity index is 2.30. The van der Waals surface area contributed by atoms with Crippen LogP contribution in [0.3, 0.4) is 0 Å². The minimum atomic E-state index is -0.101. The first-order valence-corrected chi connectivity index (χ1v) is 5.02. The third-order valence-corrected chi connectivity index (χ3v) is 2.30. The molecule has 0 aliphatic heterocycles. The molecule has 17 heavy (non-hydrogen) atoms. The fourth-order valence-electron chi connectivity index (χ4n) is 1.49. The Labute approximate surface area is 98.5 Å². The fraction of sp³-hybridized carbons (Fsp3) is 0.0769. The van der Waals surface area contributed by atoms with Gasteiger partial charge in [0.15, 0.2) is 0 Å². The van der Waals surface area contributed by atoms with Gasteiger partial charge in [0.25, 0.3) is 0 Å². The second-order valence-corrected chi connectivity index (χ2v) is 3.42. The summed E-state index contributed by atoms with van der Waals surface area (Å²) < 4.78 is 0. The maximum Gasteiger partial charge on any atom is 0.213 e. The van der Waals surface area contributed by atoms with E-state index in [-0.39, 0.29) is 5.71 Å². The number of aromatic nitrogens is 1. The van der Waals surface area contributed by atoms with Crippen molar-refractivity contribution in [2.24, 2.45) is 4.99 Å². The van der Waals surface area contributed by atoms with Gasteiger partial charge in [-0.2, -0.15) is 10.5 Å². The SMILES string of the molecule is N#CC(C#N)=NCc1ccc2ncccc2c1. The fourth-order valence-corrected chi connectivity index (χ4v) is 1.49. The molecule has 0 spiro atoms. The molecule has 0 radical (unpaired) electrons. The number of pyridine rings is 1. The van der Waals surface area contributed by atoms with Crippen molar-refractivity contribution in [3.8, 4) is 12.1 Å². The summed E-state index contributed by atoms with van der Waals surface area (Å²) in [6.45, 7) is 0.335. The average molecular weight is 220 g/mol. The summed E-state index contributed by atoms with van der Waals surface area (Å²) in [7, 11) is 0. The topological polar surface area (TPSA) is 72.8 Å². The van der Waals surface area contributed by atoms with Gasteiger partial charge in [-0.25, -0.2) is 0 Å². The maximum atomic E-state index is 8.56. The molecule has 0 amide bonds. The summed E-state index contributed by atoms with van der Waals surface area (Å²) in [5.41, 5.74) is 1.77. The van der Waals surface area contributed by atoms with E-state index in [0.29, 0.717) is 6.54 Å². The highest BCUT2D eigenvalue weighted by molar-refractivity contribution is 6.10. The molecule has 1 aromatic carbocycles. The lowest BCUT2D eigenvalue weighted by molar-refractivity contribution is 1.08. The van der Waals surface area contributed by atoms with Gasteiger partial charge in [-0.3, -0.25) is 9.98 Å². The molecule has 0 fully saturated rings. The zero-order valence-corrected chi connectivity index (χ0v) is 8.96. The van der Waals surface area contributed by atoms with Gasteiger partial charge in [0.2, 0.25) is 5.71 Å². The van der Waals surface area contributed by atoms with E-state index in [1.54, 1.807) is 18.3 Å². The zero-order chi connectivity index (χ0) is 12.1. The average Bonchev–Trinajstić information content (AvgIpc) is 2.40. The Hall–Kier alpha value is -2.72. The summed E-state index contributed by atoms with van der Waals surface area (Å²) in [5.74, 6) is 0. The first-order valence-electron chi connectivity index (χ1n) is 5.02. The van der Waals surface area contributed by atoms with Gasteiger partial charge in [-0.1, -0.05) is 12.1 Å². The number of aliphatic imine (C=N–C) groups is 1. The quantitative estimate of drug-likeness (QED) is 0.728. The third kappa shape index (κ3) is 2.45. The molecule has 0 saturated heterocycles. The highest BCUT2D eigenvalue weighted by Crippen LogP contribution is 2.13. The van der Waals surface area contributed by atoms with E-state index in [1.807, 2.05) is 30.3 Å². The first-order chi connectivity index (χ1) is 8.33. The van der Waals surface area contributed by atoms with Crippen LogP contribution in [-0.2, 0) is 6.54 Å². The molecule has 0 atom stereocenters. The highest BCUT2D eigenvalue weighted by Gasteiger charge is 1.98. The molecule has 0 aliphatic rings. The van der Waals surface area contributed by atoms with Gasteiger partial charge < -0.3 is 0 Å². The largest absolute Gasteiger partial charge is 0.260 e. The van der Waals surface area contributed by atoms with Crippen LogP contribution in [0.2, 0.25) is 0 Å². The normalized spacial score (nSPS) is 9.29. The summed E-state index contributed by atoms with van der Waals surface area (Å²) in [6.07, 6.45) is 1.74. The molecule has 2 rings (SSSR count). The van der Waals surface area contributed by atoms with Crippen molar-refractivity contribution in [1.29, 1.82) is 10.5 Å². The van der Waals surface area contributed by atoms with Crippen molar-refractivity contribution >= 4 is 16.6 Å². The van der Waals surface area contributed by atoms with Crippen LogP contribution in [0.25, 0.3) is 10.9 Å². The van der Waals surface area contributed by atoms with Gasteiger partial charge >= 0.3 is 0 Å². The van der Waals surface area contributed by atoms with Gasteiger partial charge in [0, 0.05) is 11.6 Å². The maximum absolute atomic E-state index is 8.56. The summed E-state index contributed by atoms with van der Waals surface area (Å²) in [4.78, 5) is 8.12. The lowest BCUT2D eigenvalue weighted by Crippen LogP contribution is -1.91. The molecule has 0 aliphatic carbocycles. The Kier molecular flexibility index (Phi) is 3.09. The number of benzene rings is 1. The number of fused-ring (bicyclic) bond motifs is 1. The second-order valence-electron chi connectivity index (χ2n) is 3.42. The van der Waals surface area contributed by atoms with E-state index < -0.39 is 0 Å². The molecule has 2 aromatic rings. The van der Waals surface area contributed by atoms with Crippen LogP contribution in [0.1, 0.15) is 5.56 Å². The van der Waals surface area contributed by atoms with Crippen LogP contribution in [-0.4, -0.2) is 10.7 Å². The van der Waals surface area contributed by atoms with E-state index >= 15 is 0 Å². The number of rotatable bonds is 2. The monoisotopic (exact) mass is 220 g/mol. The predicted molar refractivity (Wildman–Crippen MR) is 64.1 cm³/mol. The molecule has 0 bridgehead atoms. The van der Waals surface area contributed by atoms with Crippen LogP contribution in [0, 0.1) is 22.7 Å². The molecule has 4 nitrogen and oxygen atoms in total. The van der Waals surface area contributed by atoms with Crippen molar-refractivity contribution in [2.45, 2.75) is 6.54 Å². The van der Waals surface area contributed by atoms with Crippen LogP contribution in [0.15, 0.2) is 41.5 Å². The van der Waals surface area contributed by atoms with Gasteiger partial charge in [-0.15, -0.1) is 0 Å². The highest BCUT2D eigenvalue weighted by atomic mass is 14.7. The summed E-state index contributed by atoms with van der Waals surface area (Å²) >= 11 is 0. The van der Waals surface area contributed by atoms with E-state index in [2.05, 4.69) is 9.98 Å². The molecule has 4 heteroatoms. The molecule has 80 valence electrons. The minimum absolute atomic E-state index is 0.101. The Morgan fingerprint density at radius 2 is 2.06 bits per heavy atom.